The molecule has 24 heavy (non-hydrogen) atoms. The third-order valence-electron chi connectivity index (χ3n) is 4.25. The van der Waals surface area contributed by atoms with E-state index in [1.165, 1.54) is 0 Å². The molecule has 1 unspecified atom stereocenters. The highest BCUT2D eigenvalue weighted by molar-refractivity contribution is 6.35. The molecule has 0 radical (unpaired) electrons. The number of benzene rings is 1. The van der Waals surface area contributed by atoms with Gasteiger partial charge in [-0.15, -0.1) is 0 Å². The van der Waals surface area contributed by atoms with Crippen molar-refractivity contribution in [1.82, 2.24) is 9.80 Å². The van der Waals surface area contributed by atoms with E-state index in [0.717, 1.165) is 19.4 Å². The molecule has 2 rings (SSSR count). The van der Waals surface area contributed by atoms with Crippen LogP contribution in [0.1, 0.15) is 26.7 Å². The third-order valence-corrected chi connectivity index (χ3v) is 4.69. The molecule has 0 aliphatic carbocycles. The number of nitrogens with zero attached hydrogens (tertiary/aromatic N) is 2. The van der Waals surface area contributed by atoms with E-state index in [-0.39, 0.29) is 24.4 Å². The topological polar surface area (TPSA) is 52.7 Å². The Balaban J connectivity index is 2.01. The van der Waals surface area contributed by atoms with Crippen LogP contribution in [0.4, 0.5) is 5.69 Å². The number of likely N-dealkylation sites (tertiary alicyclic amines) is 1. The molecule has 5 nitrogen and oxygen atoms in total. The Morgan fingerprint density at radius 2 is 1.83 bits per heavy atom. The molecule has 1 heterocycles. The van der Waals surface area contributed by atoms with E-state index in [9.17, 15) is 9.59 Å². The van der Waals surface area contributed by atoms with Crippen molar-refractivity contribution in [2.45, 2.75) is 32.7 Å². The van der Waals surface area contributed by atoms with E-state index in [4.69, 9.17) is 23.2 Å². The van der Waals surface area contributed by atoms with Crippen molar-refractivity contribution in [3.63, 3.8) is 0 Å². The van der Waals surface area contributed by atoms with Crippen LogP contribution >= 0.6 is 23.2 Å². The van der Waals surface area contributed by atoms with Gasteiger partial charge in [0, 0.05) is 28.8 Å². The van der Waals surface area contributed by atoms with Crippen molar-refractivity contribution in [3.8, 4) is 0 Å². The minimum atomic E-state index is -0.303. The fourth-order valence-electron chi connectivity index (χ4n) is 3.01. The molecule has 1 aromatic carbocycles. The largest absolute Gasteiger partial charge is 0.342 e. The fourth-order valence-corrected chi connectivity index (χ4v) is 3.54. The second-order valence-electron chi connectivity index (χ2n) is 5.84. The second-order valence-corrected chi connectivity index (χ2v) is 6.71. The predicted octanol–water partition coefficient (Wildman–Crippen LogP) is 3.26. The van der Waals surface area contributed by atoms with Gasteiger partial charge in [-0.05, 0) is 51.4 Å². The zero-order valence-corrected chi connectivity index (χ0v) is 15.5. The number of nitrogens with one attached hydrogen (secondary N) is 1. The summed E-state index contributed by atoms with van der Waals surface area (Å²) in [5.41, 5.74) is 0.569. The summed E-state index contributed by atoms with van der Waals surface area (Å²) in [6.07, 6.45) is 1.64. The van der Waals surface area contributed by atoms with Gasteiger partial charge in [0.15, 0.2) is 0 Å². The summed E-state index contributed by atoms with van der Waals surface area (Å²) in [5, 5.41) is 3.79. The summed E-state index contributed by atoms with van der Waals surface area (Å²) < 4.78 is 0. The van der Waals surface area contributed by atoms with Crippen molar-refractivity contribution in [3.05, 3.63) is 28.2 Å². The van der Waals surface area contributed by atoms with Crippen molar-refractivity contribution in [2.24, 2.45) is 0 Å². The standard InChI is InChI=1S/C17H23Cl2N3O2/c1-3-21(4-2)16(23)11-22-7-5-6-15(22)17(24)20-14-9-12(18)8-13(19)10-14/h8-10,15H,3-7,11H2,1-2H3,(H,20,24). The zero-order chi connectivity index (χ0) is 17.7. The highest BCUT2D eigenvalue weighted by Crippen LogP contribution is 2.24. The smallest absolute Gasteiger partial charge is 0.241 e. The lowest BCUT2D eigenvalue weighted by Crippen LogP contribution is -2.46. The van der Waals surface area contributed by atoms with Crippen molar-refractivity contribution in [1.29, 1.82) is 0 Å². The molecule has 0 spiro atoms. The maximum absolute atomic E-state index is 12.6. The molecule has 2 amide bonds. The summed E-state index contributed by atoms with van der Waals surface area (Å²) in [6.45, 7) is 6.30. The Hall–Kier alpha value is -1.30. The number of anilines is 1. The van der Waals surface area contributed by atoms with E-state index in [2.05, 4.69) is 5.32 Å². The summed E-state index contributed by atoms with van der Waals surface area (Å²) in [6, 6.07) is 4.63. The molecule has 1 aromatic rings. The van der Waals surface area contributed by atoms with Crippen LogP contribution in [0.2, 0.25) is 10.0 Å². The van der Waals surface area contributed by atoms with Crippen LogP contribution in [0.5, 0.6) is 0 Å². The van der Waals surface area contributed by atoms with Gasteiger partial charge in [-0.3, -0.25) is 14.5 Å². The number of likely N-dealkylation sites (N-methyl/N-ethyl adjacent to an activating group) is 1. The predicted molar refractivity (Wildman–Crippen MR) is 97.6 cm³/mol. The Bertz CT molecular complexity index is 585. The Morgan fingerprint density at radius 3 is 2.42 bits per heavy atom. The molecule has 0 bridgehead atoms. The molecule has 1 atom stereocenters. The first-order valence-corrected chi connectivity index (χ1v) is 8.99. The van der Waals surface area contributed by atoms with Crippen LogP contribution in [-0.4, -0.2) is 53.8 Å². The van der Waals surface area contributed by atoms with Gasteiger partial charge in [-0.2, -0.15) is 0 Å². The fraction of sp³-hybridized carbons (Fsp3) is 0.529. The maximum Gasteiger partial charge on any atom is 0.241 e. The van der Waals surface area contributed by atoms with Gasteiger partial charge < -0.3 is 10.2 Å². The number of carbonyl (C=O) groups is 2. The van der Waals surface area contributed by atoms with Crippen LogP contribution in [0.25, 0.3) is 0 Å². The number of amides is 2. The van der Waals surface area contributed by atoms with Crippen LogP contribution < -0.4 is 5.32 Å². The molecule has 1 fully saturated rings. The lowest BCUT2D eigenvalue weighted by molar-refractivity contribution is -0.133. The lowest BCUT2D eigenvalue weighted by atomic mass is 10.2. The molecule has 7 heteroatoms. The van der Waals surface area contributed by atoms with E-state index in [1.807, 2.05) is 18.7 Å². The maximum atomic E-state index is 12.6. The van der Waals surface area contributed by atoms with Crippen molar-refractivity contribution >= 4 is 40.7 Å². The zero-order valence-electron chi connectivity index (χ0n) is 14.0. The summed E-state index contributed by atoms with van der Waals surface area (Å²) in [5.74, 6) is -0.0660. The van der Waals surface area contributed by atoms with Gasteiger partial charge in [0.05, 0.1) is 12.6 Å². The molecular formula is C17H23Cl2N3O2. The number of hydrogen-bond donors (Lipinski definition) is 1. The van der Waals surface area contributed by atoms with Crippen LogP contribution in [0.15, 0.2) is 18.2 Å². The Kier molecular flexibility index (Phi) is 6.90. The average Bonchev–Trinajstić information content (AvgIpc) is 2.95. The molecule has 1 N–H and O–H groups in total. The average molecular weight is 372 g/mol. The molecule has 1 saturated heterocycles. The minimum Gasteiger partial charge on any atom is -0.342 e. The van der Waals surface area contributed by atoms with Crippen molar-refractivity contribution < 1.29 is 9.59 Å². The highest BCUT2D eigenvalue weighted by atomic mass is 35.5. The monoisotopic (exact) mass is 371 g/mol. The number of carbonyl (C=O) groups excluding carboxylic acids is 2. The van der Waals surface area contributed by atoms with Gasteiger partial charge in [-0.1, -0.05) is 23.2 Å². The molecule has 1 aliphatic heterocycles. The number of hydrogen-bond acceptors (Lipinski definition) is 3. The van der Waals surface area contributed by atoms with E-state index in [1.54, 1.807) is 23.1 Å². The molecular weight excluding hydrogens is 349 g/mol. The Labute approximate surface area is 152 Å². The number of halogens is 2. The summed E-state index contributed by atoms with van der Waals surface area (Å²) in [7, 11) is 0. The van der Waals surface area contributed by atoms with E-state index < -0.39 is 0 Å². The first-order valence-electron chi connectivity index (χ1n) is 8.23. The summed E-state index contributed by atoms with van der Waals surface area (Å²) in [4.78, 5) is 28.6. The highest BCUT2D eigenvalue weighted by Gasteiger charge is 2.32. The minimum absolute atomic E-state index is 0.0606. The number of rotatable bonds is 6. The third kappa shape index (κ3) is 4.85. The van der Waals surface area contributed by atoms with Gasteiger partial charge in [0.1, 0.15) is 0 Å². The van der Waals surface area contributed by atoms with Gasteiger partial charge in [0.2, 0.25) is 11.8 Å². The molecule has 132 valence electrons. The van der Waals surface area contributed by atoms with Gasteiger partial charge in [-0.25, -0.2) is 0 Å². The Morgan fingerprint density at radius 1 is 1.21 bits per heavy atom. The normalized spacial score (nSPS) is 17.8. The SMILES string of the molecule is CCN(CC)C(=O)CN1CCCC1C(=O)Nc1cc(Cl)cc(Cl)c1. The lowest BCUT2D eigenvalue weighted by Gasteiger charge is -2.26. The molecule has 1 aliphatic rings. The first-order chi connectivity index (χ1) is 11.4. The van der Waals surface area contributed by atoms with Crippen molar-refractivity contribution in [2.75, 3.05) is 31.5 Å². The summed E-state index contributed by atoms with van der Waals surface area (Å²) >= 11 is 11.9. The van der Waals surface area contributed by atoms with E-state index in [0.29, 0.717) is 28.8 Å². The van der Waals surface area contributed by atoms with Crippen LogP contribution in [0, 0.1) is 0 Å². The quantitative estimate of drug-likeness (QED) is 0.834. The van der Waals surface area contributed by atoms with Crippen LogP contribution in [0.3, 0.4) is 0 Å². The van der Waals surface area contributed by atoms with Gasteiger partial charge >= 0.3 is 0 Å². The molecule has 0 aromatic heterocycles. The second kappa shape index (κ2) is 8.70. The van der Waals surface area contributed by atoms with Gasteiger partial charge in [0.25, 0.3) is 0 Å². The first kappa shape index (κ1) is 19.0. The van der Waals surface area contributed by atoms with Crippen LogP contribution in [-0.2, 0) is 9.59 Å². The van der Waals surface area contributed by atoms with E-state index >= 15 is 0 Å². The molecule has 0 saturated carbocycles.